The average Bonchev–Trinajstić information content (AvgIpc) is 2.59. The minimum Gasteiger partial charge on any atom is -0.497 e. The number of carboxylic acid groups (broad SMARTS) is 1. The lowest BCUT2D eigenvalue weighted by Gasteiger charge is -2.16. The van der Waals surface area contributed by atoms with E-state index in [1.165, 1.54) is 26.4 Å². The van der Waals surface area contributed by atoms with E-state index in [2.05, 4.69) is 0 Å². The highest BCUT2D eigenvalue weighted by molar-refractivity contribution is 6.12. The molecule has 0 saturated heterocycles. The summed E-state index contributed by atoms with van der Waals surface area (Å²) >= 11 is 0. The Morgan fingerprint density at radius 3 is 2.22 bits per heavy atom. The predicted octanol–water partition coefficient (Wildman–Crippen LogP) is 2.42. The Morgan fingerprint density at radius 1 is 0.957 bits per heavy atom. The molecule has 0 aliphatic heterocycles. The van der Waals surface area contributed by atoms with Crippen molar-refractivity contribution in [1.82, 2.24) is 0 Å². The number of rotatable bonds is 7. The molecule has 6 nitrogen and oxygen atoms in total. The quantitative estimate of drug-likeness (QED) is 0.624. The van der Waals surface area contributed by atoms with E-state index in [0.29, 0.717) is 11.5 Å². The Labute approximate surface area is 133 Å². The smallest absolute Gasteiger partial charge is 0.353 e. The maximum Gasteiger partial charge on any atom is 0.353 e. The van der Waals surface area contributed by atoms with Crippen LogP contribution in [0.25, 0.3) is 0 Å². The molecule has 23 heavy (non-hydrogen) atoms. The molecule has 120 valence electrons. The fourth-order valence-electron chi connectivity index (χ4n) is 1.99. The van der Waals surface area contributed by atoms with Crippen molar-refractivity contribution in [2.75, 3.05) is 14.2 Å². The molecule has 2 aromatic rings. The summed E-state index contributed by atoms with van der Waals surface area (Å²) in [5, 5.41) is 9.32. The van der Waals surface area contributed by atoms with Gasteiger partial charge in [0.1, 0.15) is 17.2 Å². The Kier molecular flexibility index (Phi) is 5.19. The van der Waals surface area contributed by atoms with Gasteiger partial charge in [-0.1, -0.05) is 18.2 Å². The summed E-state index contributed by atoms with van der Waals surface area (Å²) < 4.78 is 15.5. The minimum absolute atomic E-state index is 0.108. The fourth-order valence-corrected chi connectivity index (χ4v) is 1.99. The highest BCUT2D eigenvalue weighted by atomic mass is 16.5. The molecule has 0 aliphatic carbocycles. The van der Waals surface area contributed by atoms with Crippen LogP contribution in [0.1, 0.15) is 10.4 Å². The third-order valence-electron chi connectivity index (χ3n) is 3.13. The second-order valence-electron chi connectivity index (χ2n) is 4.58. The van der Waals surface area contributed by atoms with Crippen LogP contribution in [0.4, 0.5) is 0 Å². The van der Waals surface area contributed by atoms with Crippen LogP contribution in [0.15, 0.2) is 48.5 Å². The lowest BCUT2D eigenvalue weighted by atomic mass is 10.0. The Balaban J connectivity index is 2.33. The van der Waals surface area contributed by atoms with Gasteiger partial charge in [0.15, 0.2) is 0 Å². The molecule has 1 unspecified atom stereocenters. The summed E-state index contributed by atoms with van der Waals surface area (Å²) in [5.41, 5.74) is 0.108. The molecule has 0 radical (unpaired) electrons. The molecule has 0 fully saturated rings. The normalized spacial score (nSPS) is 11.4. The third-order valence-corrected chi connectivity index (χ3v) is 3.13. The van der Waals surface area contributed by atoms with Gasteiger partial charge in [-0.25, -0.2) is 4.79 Å². The Hall–Kier alpha value is -3.02. The van der Waals surface area contributed by atoms with Gasteiger partial charge in [0, 0.05) is 6.07 Å². The topological polar surface area (TPSA) is 82.1 Å². The third kappa shape index (κ3) is 3.79. The molecule has 0 amide bonds. The molecule has 6 heteroatoms. The van der Waals surface area contributed by atoms with E-state index in [0.717, 1.165) is 0 Å². The Bertz CT molecular complexity index is 695. The number of benzene rings is 2. The van der Waals surface area contributed by atoms with Crippen molar-refractivity contribution in [2.45, 2.75) is 6.10 Å². The first-order valence-electron chi connectivity index (χ1n) is 6.77. The van der Waals surface area contributed by atoms with Gasteiger partial charge in [-0.05, 0) is 24.3 Å². The van der Waals surface area contributed by atoms with Crippen molar-refractivity contribution in [3.8, 4) is 17.2 Å². The highest BCUT2D eigenvalue weighted by Crippen LogP contribution is 2.26. The summed E-state index contributed by atoms with van der Waals surface area (Å²) in [5.74, 6) is -1.08. The van der Waals surface area contributed by atoms with E-state index in [9.17, 15) is 14.7 Å². The van der Waals surface area contributed by atoms with Crippen LogP contribution in [0.2, 0.25) is 0 Å². The number of para-hydroxylation sites is 1. The largest absolute Gasteiger partial charge is 0.497 e. The second-order valence-corrected chi connectivity index (χ2v) is 4.58. The lowest BCUT2D eigenvalue weighted by molar-refractivity contribution is -0.142. The van der Waals surface area contributed by atoms with Gasteiger partial charge >= 0.3 is 5.97 Å². The number of Topliss-reactive ketones (excluding diaryl/α,β-unsaturated/α-hetero) is 1. The zero-order chi connectivity index (χ0) is 16.8. The number of carbonyl (C=O) groups excluding carboxylic acids is 1. The van der Waals surface area contributed by atoms with Crippen LogP contribution in [0, 0.1) is 0 Å². The molecule has 0 heterocycles. The van der Waals surface area contributed by atoms with Crippen molar-refractivity contribution in [3.05, 3.63) is 54.1 Å². The molecule has 1 atom stereocenters. The van der Waals surface area contributed by atoms with Gasteiger partial charge in [0.05, 0.1) is 19.8 Å². The van der Waals surface area contributed by atoms with Crippen molar-refractivity contribution >= 4 is 11.8 Å². The molecule has 1 N–H and O–H groups in total. The number of carbonyl (C=O) groups is 2. The number of ether oxygens (including phenoxy) is 3. The summed E-state index contributed by atoms with van der Waals surface area (Å²) in [6.45, 7) is 0. The maximum absolute atomic E-state index is 12.5. The zero-order valence-corrected chi connectivity index (χ0v) is 12.7. The van der Waals surface area contributed by atoms with Crippen molar-refractivity contribution in [2.24, 2.45) is 0 Å². The number of carboxylic acids is 1. The van der Waals surface area contributed by atoms with Crippen LogP contribution < -0.4 is 14.2 Å². The van der Waals surface area contributed by atoms with E-state index in [4.69, 9.17) is 14.2 Å². The summed E-state index contributed by atoms with van der Waals surface area (Å²) in [7, 11) is 2.87. The van der Waals surface area contributed by atoms with E-state index < -0.39 is 17.9 Å². The van der Waals surface area contributed by atoms with Crippen molar-refractivity contribution in [3.63, 3.8) is 0 Å². The molecule has 2 rings (SSSR count). The number of methoxy groups -OCH3 is 2. The molecule has 2 aromatic carbocycles. The maximum atomic E-state index is 12.5. The summed E-state index contributed by atoms with van der Waals surface area (Å²) in [6.07, 6.45) is -1.67. The first-order valence-corrected chi connectivity index (χ1v) is 6.77. The van der Waals surface area contributed by atoms with Gasteiger partial charge in [0.25, 0.3) is 6.10 Å². The van der Waals surface area contributed by atoms with Crippen molar-refractivity contribution < 1.29 is 28.9 Å². The van der Waals surface area contributed by atoms with Crippen LogP contribution in [0.5, 0.6) is 17.2 Å². The molecular formula is C17H16O6. The van der Waals surface area contributed by atoms with Gasteiger partial charge in [-0.15, -0.1) is 0 Å². The van der Waals surface area contributed by atoms with Gasteiger partial charge < -0.3 is 19.3 Å². The molecule has 0 aromatic heterocycles. The van der Waals surface area contributed by atoms with Crippen LogP contribution in [-0.2, 0) is 4.79 Å². The van der Waals surface area contributed by atoms with E-state index in [-0.39, 0.29) is 11.3 Å². The number of ketones is 1. The van der Waals surface area contributed by atoms with E-state index >= 15 is 0 Å². The lowest BCUT2D eigenvalue weighted by Crippen LogP contribution is -2.35. The monoisotopic (exact) mass is 316 g/mol. The molecular weight excluding hydrogens is 300 g/mol. The van der Waals surface area contributed by atoms with Crippen molar-refractivity contribution in [1.29, 1.82) is 0 Å². The van der Waals surface area contributed by atoms with E-state index in [1.807, 2.05) is 0 Å². The number of hydrogen-bond acceptors (Lipinski definition) is 5. The predicted molar refractivity (Wildman–Crippen MR) is 82.4 cm³/mol. The van der Waals surface area contributed by atoms with Crippen LogP contribution >= 0.6 is 0 Å². The average molecular weight is 316 g/mol. The van der Waals surface area contributed by atoms with Gasteiger partial charge in [-0.2, -0.15) is 0 Å². The molecule has 0 saturated carbocycles. The first kappa shape index (κ1) is 16.4. The number of hydrogen-bond donors (Lipinski definition) is 1. The minimum atomic E-state index is -1.67. The Morgan fingerprint density at radius 2 is 1.65 bits per heavy atom. The van der Waals surface area contributed by atoms with Crippen LogP contribution in [-0.4, -0.2) is 37.2 Å². The van der Waals surface area contributed by atoms with E-state index in [1.54, 1.807) is 36.4 Å². The standard InChI is InChI=1S/C17H16O6/c1-21-12-8-9-13(14(10-12)22-2)15(18)16(17(19)20)23-11-6-4-3-5-7-11/h3-10,16H,1-2H3,(H,19,20). The second kappa shape index (κ2) is 7.31. The first-order chi connectivity index (χ1) is 11.1. The summed E-state index contributed by atoms with van der Waals surface area (Å²) in [4.78, 5) is 24.0. The summed E-state index contributed by atoms with van der Waals surface area (Å²) in [6, 6.07) is 12.8. The fraction of sp³-hybridized carbons (Fsp3) is 0.176. The molecule has 0 spiro atoms. The van der Waals surface area contributed by atoms with Crippen LogP contribution in [0.3, 0.4) is 0 Å². The zero-order valence-electron chi connectivity index (χ0n) is 12.7. The van der Waals surface area contributed by atoms with Gasteiger partial charge in [0.2, 0.25) is 5.78 Å². The highest BCUT2D eigenvalue weighted by Gasteiger charge is 2.31. The number of aliphatic carboxylic acids is 1. The SMILES string of the molecule is COc1ccc(C(=O)C(Oc2ccccc2)C(=O)O)c(OC)c1. The molecule has 0 bridgehead atoms. The van der Waals surface area contributed by atoms with Gasteiger partial charge in [-0.3, -0.25) is 4.79 Å². The molecule has 0 aliphatic rings.